The number of nitrogens with zero attached hydrogens (tertiary/aromatic N) is 1. The molecule has 1 aromatic heterocycles. The Morgan fingerprint density at radius 2 is 2.38 bits per heavy atom. The summed E-state index contributed by atoms with van der Waals surface area (Å²) in [5.74, 6) is 0.503. The van der Waals surface area contributed by atoms with E-state index < -0.39 is 5.91 Å². The van der Waals surface area contributed by atoms with Crippen molar-refractivity contribution in [1.29, 1.82) is 0 Å². The van der Waals surface area contributed by atoms with Gasteiger partial charge in [-0.25, -0.2) is 0 Å². The van der Waals surface area contributed by atoms with Crippen molar-refractivity contribution in [3.8, 4) is 0 Å². The highest BCUT2D eigenvalue weighted by atomic mass is 79.9. The van der Waals surface area contributed by atoms with Gasteiger partial charge >= 0.3 is 0 Å². The average Bonchev–Trinajstić information content (AvgIpc) is 2.05. The van der Waals surface area contributed by atoms with Crippen molar-refractivity contribution in [2.75, 3.05) is 5.75 Å². The minimum atomic E-state index is -0.418. The Morgan fingerprint density at radius 3 is 2.92 bits per heavy atom. The summed E-state index contributed by atoms with van der Waals surface area (Å²) in [6.07, 6.45) is 3.16. The molecule has 0 aliphatic carbocycles. The Labute approximate surface area is 91.9 Å². The molecule has 1 heterocycles. The summed E-state index contributed by atoms with van der Waals surface area (Å²) < 4.78 is 0. The van der Waals surface area contributed by atoms with Gasteiger partial charge in [-0.3, -0.25) is 9.78 Å². The molecule has 5 heteroatoms. The van der Waals surface area contributed by atoms with Crippen LogP contribution in [0.4, 0.5) is 0 Å². The van der Waals surface area contributed by atoms with E-state index in [0.29, 0.717) is 5.56 Å². The van der Waals surface area contributed by atoms with Crippen molar-refractivity contribution in [1.82, 2.24) is 4.98 Å². The zero-order chi connectivity index (χ0) is 8.97. The topological polar surface area (TPSA) is 56.0 Å². The molecule has 0 spiro atoms. The fourth-order valence-electron chi connectivity index (χ4n) is 0.848. The lowest BCUT2D eigenvalue weighted by Gasteiger charge is -2.02. The van der Waals surface area contributed by atoms with Gasteiger partial charge in [-0.1, -0.05) is 6.92 Å². The lowest BCUT2D eigenvalue weighted by atomic mass is 10.3. The largest absolute Gasteiger partial charge is 0.366 e. The quantitative estimate of drug-likeness (QED) is 0.847. The molecular formula is C8H11BrN2OS. The molecule has 2 N–H and O–H groups in total. The third-order valence-corrected chi connectivity index (χ3v) is 2.30. The van der Waals surface area contributed by atoms with E-state index in [1.807, 2.05) is 6.92 Å². The van der Waals surface area contributed by atoms with Crippen LogP contribution in [0.15, 0.2) is 23.4 Å². The molecule has 13 heavy (non-hydrogen) atoms. The Hall–Kier alpha value is -0.550. The SMILES string of the molecule is Br.CCSc1ccncc1C(N)=O. The number of hydrogen-bond donors (Lipinski definition) is 1. The van der Waals surface area contributed by atoms with E-state index in [1.165, 1.54) is 6.20 Å². The molecule has 0 aliphatic heterocycles. The molecule has 0 saturated carbocycles. The molecule has 0 unspecified atom stereocenters. The summed E-state index contributed by atoms with van der Waals surface area (Å²) in [6.45, 7) is 2.02. The highest BCUT2D eigenvalue weighted by Crippen LogP contribution is 2.20. The third-order valence-electron chi connectivity index (χ3n) is 1.35. The van der Waals surface area contributed by atoms with E-state index in [4.69, 9.17) is 5.73 Å². The molecule has 0 fully saturated rings. The van der Waals surface area contributed by atoms with Gasteiger partial charge in [-0.05, 0) is 11.8 Å². The predicted octanol–water partition coefficient (Wildman–Crippen LogP) is 1.87. The van der Waals surface area contributed by atoms with Gasteiger partial charge in [0.15, 0.2) is 0 Å². The number of primary amides is 1. The second-order valence-electron chi connectivity index (χ2n) is 2.17. The molecule has 1 rings (SSSR count). The van der Waals surface area contributed by atoms with Crippen LogP contribution in [0, 0.1) is 0 Å². The summed E-state index contributed by atoms with van der Waals surface area (Å²) in [4.78, 5) is 15.6. The predicted molar refractivity (Wildman–Crippen MR) is 59.5 cm³/mol. The lowest BCUT2D eigenvalue weighted by molar-refractivity contribution is 0.0997. The second-order valence-corrected chi connectivity index (χ2v) is 3.47. The van der Waals surface area contributed by atoms with Crippen molar-refractivity contribution >= 4 is 34.7 Å². The number of aromatic nitrogens is 1. The van der Waals surface area contributed by atoms with Gasteiger partial charge in [0.1, 0.15) is 0 Å². The summed E-state index contributed by atoms with van der Waals surface area (Å²) in [5, 5.41) is 0. The van der Waals surface area contributed by atoms with Crippen molar-refractivity contribution in [2.45, 2.75) is 11.8 Å². The maximum absolute atomic E-state index is 10.9. The first-order valence-electron chi connectivity index (χ1n) is 3.62. The molecule has 0 aromatic carbocycles. The number of nitrogens with two attached hydrogens (primary N) is 1. The molecule has 0 atom stereocenters. The average molecular weight is 263 g/mol. The van der Waals surface area contributed by atoms with Crippen molar-refractivity contribution < 1.29 is 4.79 Å². The van der Waals surface area contributed by atoms with Crippen LogP contribution in [-0.2, 0) is 0 Å². The summed E-state index contributed by atoms with van der Waals surface area (Å²) in [6, 6.07) is 1.80. The normalized spacial score (nSPS) is 9.00. The molecule has 1 amide bonds. The van der Waals surface area contributed by atoms with Crippen molar-refractivity contribution in [3.05, 3.63) is 24.0 Å². The lowest BCUT2D eigenvalue weighted by Crippen LogP contribution is -2.12. The third kappa shape index (κ3) is 3.36. The highest BCUT2D eigenvalue weighted by molar-refractivity contribution is 8.93. The second kappa shape index (κ2) is 5.99. The molecular weight excluding hydrogens is 252 g/mol. The zero-order valence-corrected chi connectivity index (χ0v) is 9.72. The first-order chi connectivity index (χ1) is 5.75. The Balaban J connectivity index is 0.00000144. The van der Waals surface area contributed by atoms with E-state index in [1.54, 1.807) is 24.0 Å². The number of pyridine rings is 1. The first kappa shape index (κ1) is 12.4. The first-order valence-corrected chi connectivity index (χ1v) is 4.61. The van der Waals surface area contributed by atoms with Crippen LogP contribution in [0.1, 0.15) is 17.3 Å². The number of halogens is 1. The van der Waals surface area contributed by atoms with Crippen LogP contribution in [0.25, 0.3) is 0 Å². The molecule has 72 valence electrons. The van der Waals surface area contributed by atoms with Crippen molar-refractivity contribution in [3.63, 3.8) is 0 Å². The summed E-state index contributed by atoms with van der Waals surface area (Å²) in [7, 11) is 0. The molecule has 1 aromatic rings. The van der Waals surface area contributed by atoms with Gasteiger partial charge in [0.05, 0.1) is 5.56 Å². The van der Waals surface area contributed by atoms with Crippen LogP contribution in [-0.4, -0.2) is 16.6 Å². The van der Waals surface area contributed by atoms with E-state index >= 15 is 0 Å². The van der Waals surface area contributed by atoms with Gasteiger partial charge in [-0.2, -0.15) is 0 Å². The highest BCUT2D eigenvalue weighted by Gasteiger charge is 2.06. The number of amides is 1. The van der Waals surface area contributed by atoms with Crippen LogP contribution < -0.4 is 5.73 Å². The summed E-state index contributed by atoms with van der Waals surface area (Å²) >= 11 is 1.59. The monoisotopic (exact) mass is 262 g/mol. The molecule has 3 nitrogen and oxygen atoms in total. The number of carbonyl (C=O) groups is 1. The standard InChI is InChI=1S/C8H10N2OS.BrH/c1-2-12-7-3-4-10-5-6(7)8(9)11;/h3-5H,2H2,1H3,(H2,9,11);1H. The van der Waals surface area contributed by atoms with Gasteiger partial charge in [0, 0.05) is 17.3 Å². The number of rotatable bonds is 3. The number of carbonyl (C=O) groups excluding carboxylic acids is 1. The van der Waals surface area contributed by atoms with Crippen LogP contribution in [0.3, 0.4) is 0 Å². The van der Waals surface area contributed by atoms with Crippen LogP contribution in [0.2, 0.25) is 0 Å². The van der Waals surface area contributed by atoms with E-state index in [-0.39, 0.29) is 17.0 Å². The molecule has 0 saturated heterocycles. The van der Waals surface area contributed by atoms with Gasteiger partial charge in [0.25, 0.3) is 5.91 Å². The van der Waals surface area contributed by atoms with Gasteiger partial charge < -0.3 is 5.73 Å². The van der Waals surface area contributed by atoms with Gasteiger partial charge in [0.2, 0.25) is 0 Å². The number of thioether (sulfide) groups is 1. The molecule has 0 radical (unpaired) electrons. The Bertz CT molecular complexity index is 293. The van der Waals surface area contributed by atoms with Crippen molar-refractivity contribution in [2.24, 2.45) is 5.73 Å². The zero-order valence-electron chi connectivity index (χ0n) is 7.19. The summed E-state index contributed by atoms with van der Waals surface area (Å²) in [5.41, 5.74) is 5.66. The fraction of sp³-hybridized carbons (Fsp3) is 0.250. The maximum Gasteiger partial charge on any atom is 0.251 e. The Kier molecular flexibility index (Phi) is 5.73. The van der Waals surface area contributed by atoms with E-state index in [9.17, 15) is 4.79 Å². The van der Waals surface area contributed by atoms with Gasteiger partial charge in [-0.15, -0.1) is 28.7 Å². The minimum Gasteiger partial charge on any atom is -0.366 e. The smallest absolute Gasteiger partial charge is 0.251 e. The fourth-order valence-corrected chi connectivity index (χ4v) is 1.62. The van der Waals surface area contributed by atoms with Crippen LogP contribution in [0.5, 0.6) is 0 Å². The minimum absolute atomic E-state index is 0. The van der Waals surface area contributed by atoms with Crippen LogP contribution >= 0.6 is 28.7 Å². The number of hydrogen-bond acceptors (Lipinski definition) is 3. The molecule has 0 aliphatic rings. The van der Waals surface area contributed by atoms with E-state index in [0.717, 1.165) is 10.6 Å². The molecule has 0 bridgehead atoms. The maximum atomic E-state index is 10.9. The van der Waals surface area contributed by atoms with E-state index in [2.05, 4.69) is 4.98 Å². The Morgan fingerprint density at radius 1 is 1.69 bits per heavy atom.